The molecule has 0 nitrogen and oxygen atoms in total. The molecule has 0 radical (unpaired) electrons. The largest absolute Gasteiger partial charge is 4.00 e. The molecule has 0 bridgehead atoms. The van der Waals surface area contributed by atoms with Crippen molar-refractivity contribution in [3.63, 3.8) is 0 Å². The number of rotatable bonds is 8. The third-order valence-electron chi connectivity index (χ3n) is 9.55. The first-order chi connectivity index (χ1) is 18.7. The Labute approximate surface area is 304 Å². The number of aryl methyl sites for hydroxylation is 6. The predicted molar refractivity (Wildman–Crippen MR) is 178 cm³/mol. The van der Waals surface area contributed by atoms with Crippen LogP contribution in [0.1, 0.15) is 98.0 Å². The number of allylic oxidation sites excluding steroid dienone is 4. The van der Waals surface area contributed by atoms with Crippen LogP contribution in [0.5, 0.6) is 0 Å². The smallest absolute Gasteiger partial charge is 1.00 e. The molecule has 0 amide bonds. The van der Waals surface area contributed by atoms with Crippen molar-refractivity contribution in [2.75, 3.05) is 0 Å². The van der Waals surface area contributed by atoms with Gasteiger partial charge < -0.3 is 37.2 Å². The Bertz CT molecular complexity index is 1270. The van der Waals surface area contributed by atoms with Gasteiger partial charge >= 0.3 is 21.7 Å². The normalized spacial score (nSPS) is 13.1. The van der Waals surface area contributed by atoms with Crippen molar-refractivity contribution in [2.45, 2.75) is 112 Å². The summed E-state index contributed by atoms with van der Waals surface area (Å²) >= 11 is 0. The summed E-state index contributed by atoms with van der Waals surface area (Å²) in [7, 11) is -1.83. The van der Waals surface area contributed by atoms with Gasteiger partial charge in [-0.2, -0.15) is 5.20 Å². The summed E-state index contributed by atoms with van der Waals surface area (Å²) in [6.07, 6.45) is 7.85. The van der Waals surface area contributed by atoms with Crippen LogP contribution in [0.3, 0.4) is 0 Å². The maximum absolute atomic E-state index is 4.27. The van der Waals surface area contributed by atoms with E-state index in [0.29, 0.717) is 16.6 Å². The summed E-state index contributed by atoms with van der Waals surface area (Å²) in [4.78, 5) is 0. The average molecular weight is 702 g/mol. The molecule has 0 heterocycles. The summed E-state index contributed by atoms with van der Waals surface area (Å²) in [5.74, 6) is 0. The number of benzene rings is 3. The Morgan fingerprint density at radius 2 is 0.795 bits per heavy atom. The minimum Gasteiger partial charge on any atom is -1.00 e. The summed E-state index contributed by atoms with van der Waals surface area (Å²) in [5.41, 5.74) is 14.8. The average Bonchev–Trinajstić information content (AvgIpc) is 3.27. The Morgan fingerprint density at radius 1 is 0.523 bits per heavy atom. The Morgan fingerprint density at radius 3 is 1.05 bits per heavy atom. The van der Waals surface area contributed by atoms with Crippen molar-refractivity contribution in [1.29, 1.82) is 0 Å². The zero-order chi connectivity index (χ0) is 29.6. The van der Waals surface area contributed by atoms with Gasteiger partial charge in [-0.3, -0.25) is 6.08 Å². The van der Waals surface area contributed by atoms with Gasteiger partial charge in [0.15, 0.2) is 0 Å². The topological polar surface area (TPSA) is 0 Å². The molecule has 3 aromatic carbocycles. The van der Waals surface area contributed by atoms with Crippen LogP contribution in [0, 0.1) is 47.6 Å². The van der Waals surface area contributed by atoms with Gasteiger partial charge in [0, 0.05) is 5.41 Å². The van der Waals surface area contributed by atoms with Crippen molar-refractivity contribution in [3.8, 4) is 0 Å². The molecule has 0 saturated heterocycles. The van der Waals surface area contributed by atoms with Crippen molar-refractivity contribution in [1.82, 2.24) is 0 Å². The first-order valence-electron chi connectivity index (χ1n) is 15.3. The monoisotopic (exact) mass is 700 g/mol. The van der Waals surface area contributed by atoms with Crippen LogP contribution in [-0.4, -0.2) is 8.07 Å². The maximum Gasteiger partial charge on any atom is 4.00 e. The summed E-state index contributed by atoms with van der Waals surface area (Å²) in [6.45, 7) is 28.3. The molecular formula is C39H51Cl3SiTi. The maximum atomic E-state index is 4.27. The molecule has 0 fully saturated rings. The second kappa shape index (κ2) is 16.7. The molecular weight excluding hydrogens is 651 g/mol. The molecule has 0 N–H and O–H groups in total. The molecule has 4 rings (SSSR count). The summed E-state index contributed by atoms with van der Waals surface area (Å²) in [6, 6.07) is 21.5. The minimum absolute atomic E-state index is 0. The third-order valence-corrected chi connectivity index (χ3v) is 16.7. The van der Waals surface area contributed by atoms with E-state index in [-0.39, 0.29) is 58.9 Å². The molecule has 236 valence electrons. The first kappa shape index (κ1) is 42.9. The molecule has 1 aliphatic rings. The molecule has 1 aliphatic carbocycles. The molecule has 44 heavy (non-hydrogen) atoms. The SMILES string of the molecule is Cc1cc(C)cc(C(C2=CCC([Si](C(C)C)(C(C)C)C(C)C)=[C-]2)(c2cc(C)cc(C)c2)c2cc(C)cc(C)c2)c1.[Cl-].[Cl-].[Cl-].[Ti+4]. The van der Waals surface area contributed by atoms with E-state index < -0.39 is 13.5 Å². The van der Waals surface area contributed by atoms with Crippen LogP contribution in [-0.2, 0) is 27.1 Å². The quantitative estimate of drug-likeness (QED) is 0.192. The zero-order valence-corrected chi connectivity index (χ0v) is 33.7. The van der Waals surface area contributed by atoms with Gasteiger partial charge in [-0.15, -0.1) is 6.42 Å². The Balaban J connectivity index is 0.00000462. The van der Waals surface area contributed by atoms with Gasteiger partial charge in [0.05, 0.1) is 8.07 Å². The van der Waals surface area contributed by atoms with E-state index in [9.17, 15) is 0 Å². The molecule has 0 saturated carbocycles. The Hall–Kier alpha value is -1.06. The van der Waals surface area contributed by atoms with Crippen molar-refractivity contribution >= 4 is 8.07 Å². The van der Waals surface area contributed by atoms with Crippen LogP contribution in [0.4, 0.5) is 0 Å². The van der Waals surface area contributed by atoms with Crippen LogP contribution in [0.2, 0.25) is 16.6 Å². The number of hydrogen-bond donors (Lipinski definition) is 0. The van der Waals surface area contributed by atoms with Gasteiger partial charge in [-0.05, 0) is 74.9 Å². The Kier molecular flexibility index (Phi) is 16.3. The van der Waals surface area contributed by atoms with Gasteiger partial charge in [0.1, 0.15) is 0 Å². The van der Waals surface area contributed by atoms with E-state index >= 15 is 0 Å². The summed E-state index contributed by atoms with van der Waals surface area (Å²) < 4.78 is 0. The van der Waals surface area contributed by atoms with Crippen LogP contribution in [0.25, 0.3) is 0 Å². The fourth-order valence-corrected chi connectivity index (χ4v) is 15.5. The van der Waals surface area contributed by atoms with Gasteiger partial charge in [-0.25, -0.2) is 11.6 Å². The molecule has 0 aromatic heterocycles. The second-order valence-electron chi connectivity index (χ2n) is 13.7. The van der Waals surface area contributed by atoms with Gasteiger partial charge in [-0.1, -0.05) is 130 Å². The molecule has 0 spiro atoms. The van der Waals surface area contributed by atoms with E-state index in [2.05, 4.69) is 150 Å². The number of halogens is 3. The van der Waals surface area contributed by atoms with E-state index in [4.69, 9.17) is 0 Å². The fraction of sp³-hybridized carbons (Fsp3) is 0.436. The van der Waals surface area contributed by atoms with Crippen LogP contribution < -0.4 is 37.2 Å². The van der Waals surface area contributed by atoms with Crippen molar-refractivity contribution in [3.05, 3.63) is 128 Å². The van der Waals surface area contributed by atoms with Gasteiger partial charge in [0.25, 0.3) is 0 Å². The fourth-order valence-electron chi connectivity index (χ4n) is 8.59. The van der Waals surface area contributed by atoms with Crippen LogP contribution in [0.15, 0.2) is 71.4 Å². The number of hydrogen-bond acceptors (Lipinski definition) is 0. The molecule has 0 aliphatic heterocycles. The molecule has 0 atom stereocenters. The molecule has 5 heteroatoms. The van der Waals surface area contributed by atoms with Crippen molar-refractivity contribution in [2.24, 2.45) is 0 Å². The minimum atomic E-state index is -1.83. The van der Waals surface area contributed by atoms with Gasteiger partial charge in [0.2, 0.25) is 0 Å². The van der Waals surface area contributed by atoms with E-state index in [1.807, 2.05) is 0 Å². The van der Waals surface area contributed by atoms with Crippen molar-refractivity contribution < 1.29 is 58.9 Å². The molecule has 0 unspecified atom stereocenters. The van der Waals surface area contributed by atoms with E-state index in [1.165, 1.54) is 55.6 Å². The molecule has 3 aromatic rings. The zero-order valence-electron chi connectivity index (χ0n) is 28.8. The predicted octanol–water partition coefficient (Wildman–Crippen LogP) is 2.16. The van der Waals surface area contributed by atoms with Crippen LogP contribution >= 0.6 is 0 Å². The van der Waals surface area contributed by atoms with E-state index in [0.717, 1.165) is 6.42 Å². The third kappa shape index (κ3) is 7.73. The standard InChI is InChI=1S/C39H51Si.3ClH.Ti/c1-25(2)40(26(3)4,27(5)6)38-14-13-34(24-38)39(35-18-28(7)15-29(8)19-35,36-20-30(9)16-31(10)21-36)37-22-32(11)17-33(12)23-37;;;;/h13,15-23,25-27H,14H2,1-12H3;3*1H;/q-1;;;;+4/p-3. The van der Waals surface area contributed by atoms with E-state index in [1.54, 1.807) is 5.20 Å². The summed E-state index contributed by atoms with van der Waals surface area (Å²) in [5, 5.41) is 1.62. The first-order valence-corrected chi connectivity index (χ1v) is 17.6. The second-order valence-corrected chi connectivity index (χ2v) is 19.6.